The fraction of sp³-hybridized carbons (Fsp3) is 0.278. The standard InChI is InChI=1S/C36H35N4O/c1-7-28-25-11-9-8-10-24(25)26-14-15-29-34(33-27-13-12-21(2)38-35(27)41-32(33)20-37-29)31-19-23(36(4,5)6)16-17-40(31)22(3)18-30(26)39-28/h7-13,16-17,19-20,26,30H,1,3,14-15,18H2,2,4-6H3/q+1. The molecule has 0 spiro atoms. The van der Waals surface area contributed by atoms with Gasteiger partial charge < -0.3 is 4.42 Å². The topological polar surface area (TPSA) is 55.2 Å². The molecule has 0 amide bonds. The minimum Gasteiger partial charge on any atom is -0.436 e. The summed E-state index contributed by atoms with van der Waals surface area (Å²) in [5.74, 6) is 0.249. The maximum Gasteiger partial charge on any atom is 0.227 e. The molecule has 0 N–H and O–H groups in total. The van der Waals surface area contributed by atoms with Crippen LogP contribution in [0.15, 0.2) is 89.6 Å². The van der Waals surface area contributed by atoms with Gasteiger partial charge in [-0.2, -0.15) is 4.57 Å². The number of aromatic nitrogens is 3. The number of allylic oxidation sites excluding steroid dienone is 1. The van der Waals surface area contributed by atoms with Crippen molar-refractivity contribution < 1.29 is 8.98 Å². The minimum absolute atomic E-state index is 0.0216. The highest BCUT2D eigenvalue weighted by Crippen LogP contribution is 2.42. The van der Waals surface area contributed by atoms with Gasteiger partial charge in [-0.3, -0.25) is 9.98 Å². The Balaban J connectivity index is 1.52. The molecule has 0 bridgehead atoms. The third-order valence-electron chi connectivity index (χ3n) is 8.75. The number of pyridine rings is 3. The molecule has 0 aliphatic carbocycles. The lowest BCUT2D eigenvalue weighted by Crippen LogP contribution is -2.39. The molecule has 2 unspecified atom stereocenters. The van der Waals surface area contributed by atoms with Crippen LogP contribution in [0.25, 0.3) is 39.0 Å². The molecule has 2 aliphatic heterocycles. The number of hydrogen-bond acceptors (Lipinski definition) is 4. The lowest BCUT2D eigenvalue weighted by molar-refractivity contribution is -0.571. The maximum absolute atomic E-state index is 6.29. The summed E-state index contributed by atoms with van der Waals surface area (Å²) in [5.41, 5.74) is 11.3. The number of aryl methyl sites for hydroxylation is 2. The Morgan fingerprint density at radius 2 is 1.93 bits per heavy atom. The number of aliphatic imine (C=N–C) groups is 1. The average Bonchev–Trinajstić information content (AvgIpc) is 3.32. The molecule has 41 heavy (non-hydrogen) atoms. The van der Waals surface area contributed by atoms with Crippen LogP contribution in [0.2, 0.25) is 0 Å². The molecule has 0 radical (unpaired) electrons. The Bertz CT molecular complexity index is 1920. The van der Waals surface area contributed by atoms with Gasteiger partial charge in [0.25, 0.3) is 0 Å². The van der Waals surface area contributed by atoms with Crippen LogP contribution in [0, 0.1) is 6.92 Å². The fourth-order valence-electron chi connectivity index (χ4n) is 6.61. The van der Waals surface area contributed by atoms with Crippen molar-refractivity contribution in [2.75, 3.05) is 0 Å². The van der Waals surface area contributed by atoms with E-state index < -0.39 is 0 Å². The number of furan rings is 1. The summed E-state index contributed by atoms with van der Waals surface area (Å²) in [4.78, 5) is 15.0. The average molecular weight is 540 g/mol. The molecule has 6 heterocycles. The zero-order chi connectivity index (χ0) is 28.5. The summed E-state index contributed by atoms with van der Waals surface area (Å²) < 4.78 is 8.54. The third kappa shape index (κ3) is 4.14. The predicted molar refractivity (Wildman–Crippen MR) is 166 cm³/mol. The zero-order valence-electron chi connectivity index (χ0n) is 24.2. The normalized spacial score (nSPS) is 18.7. The summed E-state index contributed by atoms with van der Waals surface area (Å²) in [6.07, 6.45) is 8.44. The number of nitrogens with zero attached hydrogens (tertiary/aromatic N) is 4. The Morgan fingerprint density at radius 1 is 1.10 bits per heavy atom. The zero-order valence-corrected chi connectivity index (χ0v) is 24.2. The first kappa shape index (κ1) is 25.6. The van der Waals surface area contributed by atoms with Crippen LogP contribution in [-0.2, 0) is 11.8 Å². The van der Waals surface area contributed by atoms with Crippen LogP contribution < -0.4 is 4.57 Å². The molecular weight excluding hydrogens is 504 g/mol. The van der Waals surface area contributed by atoms with Crippen LogP contribution in [-0.4, -0.2) is 21.7 Å². The number of fused-ring (bicyclic) bond motifs is 10. The summed E-state index contributed by atoms with van der Waals surface area (Å²) in [6, 6.07) is 17.4. The molecule has 1 aromatic carbocycles. The third-order valence-corrected chi connectivity index (χ3v) is 8.75. The van der Waals surface area contributed by atoms with E-state index in [-0.39, 0.29) is 17.4 Å². The van der Waals surface area contributed by atoms with E-state index in [1.807, 2.05) is 19.2 Å². The highest BCUT2D eigenvalue weighted by atomic mass is 16.3. The van der Waals surface area contributed by atoms with E-state index in [0.29, 0.717) is 5.71 Å². The second-order valence-corrected chi connectivity index (χ2v) is 12.4. The van der Waals surface area contributed by atoms with Gasteiger partial charge in [0.2, 0.25) is 11.4 Å². The SMILES string of the molecule is C=CC1=NC2CC(=C)[n+]3ccc(C(C)(C)C)cc3-c3c(ncc4oc5nc(C)ccc5c34)CCC2c2ccccc21. The maximum atomic E-state index is 6.29. The summed E-state index contributed by atoms with van der Waals surface area (Å²) in [7, 11) is 0. The Kier molecular flexibility index (Phi) is 5.82. The molecule has 0 saturated carbocycles. The van der Waals surface area contributed by atoms with Gasteiger partial charge >= 0.3 is 0 Å². The van der Waals surface area contributed by atoms with Crippen molar-refractivity contribution in [2.24, 2.45) is 4.99 Å². The van der Waals surface area contributed by atoms with E-state index in [1.165, 1.54) is 16.7 Å². The molecule has 4 aromatic heterocycles. The lowest BCUT2D eigenvalue weighted by Gasteiger charge is -2.32. The van der Waals surface area contributed by atoms with Crippen LogP contribution in [0.4, 0.5) is 0 Å². The fourth-order valence-corrected chi connectivity index (χ4v) is 6.61. The molecule has 2 aliphatic rings. The van der Waals surface area contributed by atoms with Crippen molar-refractivity contribution in [3.05, 3.63) is 108 Å². The van der Waals surface area contributed by atoms with Gasteiger partial charge in [0, 0.05) is 40.1 Å². The van der Waals surface area contributed by atoms with Crippen LogP contribution in [0.5, 0.6) is 0 Å². The van der Waals surface area contributed by atoms with Crippen LogP contribution in [0.3, 0.4) is 0 Å². The predicted octanol–water partition coefficient (Wildman–Crippen LogP) is 7.88. The van der Waals surface area contributed by atoms with Gasteiger partial charge in [-0.05, 0) is 61.1 Å². The van der Waals surface area contributed by atoms with E-state index in [4.69, 9.17) is 19.4 Å². The number of benzene rings is 1. The minimum atomic E-state index is -0.0216. The van der Waals surface area contributed by atoms with Crippen molar-refractivity contribution >= 4 is 33.5 Å². The van der Waals surface area contributed by atoms with E-state index in [1.54, 1.807) is 0 Å². The second kappa shape index (κ2) is 9.34. The van der Waals surface area contributed by atoms with Crippen LogP contribution in [0.1, 0.15) is 67.6 Å². The van der Waals surface area contributed by atoms with Gasteiger partial charge in [0.05, 0.1) is 35.6 Å². The number of rotatable bonds is 1. The van der Waals surface area contributed by atoms with E-state index in [2.05, 4.69) is 93.2 Å². The van der Waals surface area contributed by atoms with Crippen molar-refractivity contribution in [1.29, 1.82) is 0 Å². The molecular formula is C36H35N4O+. The van der Waals surface area contributed by atoms with Crippen molar-refractivity contribution in [3.63, 3.8) is 0 Å². The first-order valence-corrected chi connectivity index (χ1v) is 14.4. The molecule has 5 aromatic rings. The second-order valence-electron chi connectivity index (χ2n) is 12.4. The van der Waals surface area contributed by atoms with Gasteiger partial charge in [0.1, 0.15) is 0 Å². The Hall–Kier alpha value is -4.38. The first-order valence-electron chi connectivity index (χ1n) is 14.4. The van der Waals surface area contributed by atoms with Gasteiger partial charge in [-0.25, -0.2) is 4.98 Å². The molecule has 7 rings (SSSR count). The van der Waals surface area contributed by atoms with E-state index >= 15 is 0 Å². The molecule has 2 atom stereocenters. The van der Waals surface area contributed by atoms with Crippen molar-refractivity contribution in [3.8, 4) is 11.3 Å². The van der Waals surface area contributed by atoms with Crippen molar-refractivity contribution in [1.82, 2.24) is 9.97 Å². The molecule has 0 fully saturated rings. The quantitative estimate of drug-likeness (QED) is 0.204. The lowest BCUT2D eigenvalue weighted by atomic mass is 9.78. The highest BCUT2D eigenvalue weighted by Gasteiger charge is 2.36. The summed E-state index contributed by atoms with van der Waals surface area (Å²) >= 11 is 0. The number of hydrogen-bond donors (Lipinski definition) is 0. The molecule has 204 valence electrons. The first-order chi connectivity index (χ1) is 19.7. The van der Waals surface area contributed by atoms with Gasteiger partial charge in [0.15, 0.2) is 17.5 Å². The molecule has 0 saturated heterocycles. The molecule has 5 nitrogen and oxygen atoms in total. The highest BCUT2D eigenvalue weighted by molar-refractivity contribution is 6.11. The van der Waals surface area contributed by atoms with Crippen LogP contribution >= 0.6 is 0 Å². The Labute approximate surface area is 241 Å². The molecule has 5 heteroatoms. The van der Waals surface area contributed by atoms with Crippen molar-refractivity contribution in [2.45, 2.75) is 64.3 Å². The van der Waals surface area contributed by atoms with Gasteiger partial charge in [-0.15, -0.1) is 0 Å². The van der Waals surface area contributed by atoms with E-state index in [9.17, 15) is 0 Å². The smallest absolute Gasteiger partial charge is 0.227 e. The Morgan fingerprint density at radius 3 is 2.73 bits per heavy atom. The monoisotopic (exact) mass is 539 g/mol. The largest absolute Gasteiger partial charge is 0.436 e. The van der Waals surface area contributed by atoms with Gasteiger partial charge in [-0.1, -0.05) is 51.6 Å². The summed E-state index contributed by atoms with van der Waals surface area (Å²) in [5, 5.41) is 2.08. The summed E-state index contributed by atoms with van der Waals surface area (Å²) in [6.45, 7) is 17.5. The van der Waals surface area contributed by atoms with E-state index in [0.717, 1.165) is 69.7 Å².